The summed E-state index contributed by atoms with van der Waals surface area (Å²) in [7, 11) is 1.57. The van der Waals surface area contributed by atoms with Crippen LogP contribution in [0.2, 0.25) is 0 Å². The van der Waals surface area contributed by atoms with Crippen LogP contribution < -0.4 is 10.1 Å². The van der Waals surface area contributed by atoms with Crippen LogP contribution in [0.25, 0.3) is 0 Å². The summed E-state index contributed by atoms with van der Waals surface area (Å²) in [4.78, 5) is 26.8. The van der Waals surface area contributed by atoms with Crippen molar-refractivity contribution >= 4 is 17.5 Å². The molecular weight excluding hydrogens is 356 g/mol. The Hall–Kier alpha value is -3.02. The molecule has 2 aromatic carbocycles. The summed E-state index contributed by atoms with van der Waals surface area (Å²) in [5, 5.41) is 12.7. The van der Waals surface area contributed by atoms with Crippen molar-refractivity contribution in [2.75, 3.05) is 25.5 Å². The van der Waals surface area contributed by atoms with Gasteiger partial charge in [-0.3, -0.25) is 9.59 Å². The fraction of sp³-hybridized carbons (Fsp3) is 0.364. The van der Waals surface area contributed by atoms with Crippen LogP contribution >= 0.6 is 0 Å². The molecule has 0 unspecified atom stereocenters. The zero-order valence-electron chi connectivity index (χ0n) is 16.1. The maximum Gasteiger partial charge on any atom is 0.227 e. The Morgan fingerprint density at radius 3 is 2.50 bits per heavy atom. The number of hydrogen-bond acceptors (Lipinski definition) is 4. The first-order valence-electron chi connectivity index (χ1n) is 9.57. The largest absolute Gasteiger partial charge is 0.508 e. The highest BCUT2D eigenvalue weighted by Gasteiger charge is 2.27. The van der Waals surface area contributed by atoms with E-state index < -0.39 is 0 Å². The van der Waals surface area contributed by atoms with Crippen molar-refractivity contribution in [3.8, 4) is 11.5 Å². The van der Waals surface area contributed by atoms with Crippen molar-refractivity contribution in [1.29, 1.82) is 0 Å². The molecule has 6 nitrogen and oxygen atoms in total. The first-order chi connectivity index (χ1) is 13.6. The van der Waals surface area contributed by atoms with E-state index in [9.17, 15) is 14.7 Å². The van der Waals surface area contributed by atoms with E-state index in [1.807, 2.05) is 35.2 Å². The molecule has 2 aromatic rings. The number of aryl methyl sites for hydroxylation is 1. The van der Waals surface area contributed by atoms with E-state index in [4.69, 9.17) is 4.74 Å². The molecule has 1 aliphatic rings. The zero-order valence-corrected chi connectivity index (χ0v) is 16.1. The minimum absolute atomic E-state index is 0.0363. The molecule has 0 bridgehead atoms. The normalized spacial score (nSPS) is 14.5. The van der Waals surface area contributed by atoms with Crippen molar-refractivity contribution in [3.05, 3.63) is 54.1 Å². The Balaban J connectivity index is 1.47. The summed E-state index contributed by atoms with van der Waals surface area (Å²) < 4.78 is 5.27. The number of carbonyl (C=O) groups is 2. The van der Waals surface area contributed by atoms with Crippen LogP contribution in [-0.2, 0) is 16.0 Å². The number of phenolic OH excluding ortho intramolecular Hbond substituents is 1. The minimum atomic E-state index is -0.118. The highest BCUT2D eigenvalue weighted by molar-refractivity contribution is 5.94. The van der Waals surface area contributed by atoms with E-state index in [1.54, 1.807) is 25.3 Å². The molecular formula is C22H26N2O4. The van der Waals surface area contributed by atoms with Crippen LogP contribution in [0.4, 0.5) is 5.69 Å². The molecule has 0 aromatic heterocycles. The predicted octanol–water partition coefficient (Wildman–Crippen LogP) is 3.21. The monoisotopic (exact) mass is 382 g/mol. The third-order valence-electron chi connectivity index (χ3n) is 5.18. The van der Waals surface area contributed by atoms with Crippen molar-refractivity contribution in [2.24, 2.45) is 5.92 Å². The average molecular weight is 382 g/mol. The Labute approximate surface area is 165 Å². The summed E-state index contributed by atoms with van der Waals surface area (Å²) in [5.41, 5.74) is 1.44. The number of anilines is 1. The molecule has 0 radical (unpaired) electrons. The van der Waals surface area contributed by atoms with Crippen LogP contribution in [0.5, 0.6) is 11.5 Å². The number of rotatable bonds is 6. The first-order valence-corrected chi connectivity index (χ1v) is 9.57. The predicted molar refractivity (Wildman–Crippen MR) is 107 cm³/mol. The van der Waals surface area contributed by atoms with Crippen LogP contribution in [0.3, 0.4) is 0 Å². The highest BCUT2D eigenvalue weighted by Crippen LogP contribution is 2.26. The molecule has 2 N–H and O–H groups in total. The Bertz CT molecular complexity index is 829. The number of nitrogens with one attached hydrogen (secondary N) is 1. The van der Waals surface area contributed by atoms with E-state index >= 15 is 0 Å². The molecule has 0 aliphatic carbocycles. The molecule has 6 heteroatoms. The van der Waals surface area contributed by atoms with Gasteiger partial charge in [-0.25, -0.2) is 0 Å². The number of nitrogens with zero attached hydrogens (tertiary/aromatic N) is 1. The Morgan fingerprint density at radius 2 is 1.79 bits per heavy atom. The molecule has 148 valence electrons. The quantitative estimate of drug-likeness (QED) is 0.804. The Morgan fingerprint density at radius 1 is 1.11 bits per heavy atom. The number of para-hydroxylation sites is 3. The lowest BCUT2D eigenvalue weighted by molar-refractivity contribution is -0.134. The third kappa shape index (κ3) is 4.82. The minimum Gasteiger partial charge on any atom is -0.508 e. The van der Waals surface area contributed by atoms with Gasteiger partial charge in [0.25, 0.3) is 0 Å². The van der Waals surface area contributed by atoms with E-state index in [-0.39, 0.29) is 23.5 Å². The van der Waals surface area contributed by atoms with Crippen molar-refractivity contribution in [3.63, 3.8) is 0 Å². The molecule has 1 fully saturated rings. The lowest BCUT2D eigenvalue weighted by Crippen LogP contribution is -2.41. The number of amides is 2. The fourth-order valence-electron chi connectivity index (χ4n) is 3.50. The van der Waals surface area contributed by atoms with Gasteiger partial charge in [0, 0.05) is 25.4 Å². The van der Waals surface area contributed by atoms with Gasteiger partial charge < -0.3 is 20.1 Å². The molecule has 1 aliphatic heterocycles. The molecule has 28 heavy (non-hydrogen) atoms. The summed E-state index contributed by atoms with van der Waals surface area (Å²) in [6.45, 7) is 1.15. The molecule has 1 heterocycles. The first kappa shape index (κ1) is 19.7. The van der Waals surface area contributed by atoms with Gasteiger partial charge in [0.2, 0.25) is 11.8 Å². The number of benzene rings is 2. The van der Waals surface area contributed by atoms with Crippen LogP contribution in [-0.4, -0.2) is 42.0 Å². The van der Waals surface area contributed by atoms with E-state index in [0.717, 1.165) is 5.56 Å². The molecule has 0 atom stereocenters. The van der Waals surface area contributed by atoms with Crippen LogP contribution in [0.1, 0.15) is 24.8 Å². The number of methoxy groups -OCH3 is 1. The van der Waals surface area contributed by atoms with Gasteiger partial charge in [-0.2, -0.15) is 0 Å². The van der Waals surface area contributed by atoms with Gasteiger partial charge in [-0.1, -0.05) is 30.3 Å². The fourth-order valence-corrected chi connectivity index (χ4v) is 3.50. The third-order valence-corrected chi connectivity index (χ3v) is 5.18. The van der Waals surface area contributed by atoms with Gasteiger partial charge in [0.05, 0.1) is 12.8 Å². The summed E-state index contributed by atoms with van der Waals surface area (Å²) in [6, 6.07) is 14.4. The molecule has 0 saturated carbocycles. The number of carbonyl (C=O) groups excluding carboxylic acids is 2. The maximum atomic E-state index is 12.6. The van der Waals surface area contributed by atoms with Gasteiger partial charge in [-0.05, 0) is 43.0 Å². The number of ether oxygens (including phenoxy) is 1. The van der Waals surface area contributed by atoms with Crippen molar-refractivity contribution in [1.82, 2.24) is 4.90 Å². The number of likely N-dealkylation sites (tertiary alicyclic amines) is 1. The van der Waals surface area contributed by atoms with Crippen molar-refractivity contribution in [2.45, 2.75) is 25.7 Å². The zero-order chi connectivity index (χ0) is 19.9. The average Bonchev–Trinajstić information content (AvgIpc) is 2.73. The van der Waals surface area contributed by atoms with E-state index in [1.165, 1.54) is 0 Å². The second kappa shape index (κ2) is 9.26. The van der Waals surface area contributed by atoms with Crippen LogP contribution in [0, 0.1) is 5.92 Å². The standard InChI is InChI=1S/C22H26N2O4/c1-28-20-9-5-3-7-18(20)23-22(27)17-12-14-24(15-13-17)21(26)11-10-16-6-2-4-8-19(16)25/h2-9,17,25H,10-15H2,1H3,(H,23,27). The second-order valence-electron chi connectivity index (χ2n) is 6.97. The number of piperidine rings is 1. The summed E-state index contributed by atoms with van der Waals surface area (Å²) in [6.07, 6.45) is 2.15. The van der Waals surface area contributed by atoms with E-state index in [2.05, 4.69) is 5.32 Å². The number of aromatic hydroxyl groups is 1. The van der Waals surface area contributed by atoms with Gasteiger partial charge in [0.15, 0.2) is 0 Å². The second-order valence-corrected chi connectivity index (χ2v) is 6.97. The highest BCUT2D eigenvalue weighted by atomic mass is 16.5. The SMILES string of the molecule is COc1ccccc1NC(=O)C1CCN(C(=O)CCc2ccccc2O)CC1. The Kier molecular flexibility index (Phi) is 6.53. The summed E-state index contributed by atoms with van der Waals surface area (Å²) in [5.74, 6) is 0.763. The lowest BCUT2D eigenvalue weighted by Gasteiger charge is -2.31. The van der Waals surface area contributed by atoms with Gasteiger partial charge in [0.1, 0.15) is 11.5 Å². The molecule has 0 spiro atoms. The van der Waals surface area contributed by atoms with E-state index in [0.29, 0.717) is 50.2 Å². The van der Waals surface area contributed by atoms with Gasteiger partial charge >= 0.3 is 0 Å². The smallest absolute Gasteiger partial charge is 0.227 e. The number of hydrogen-bond donors (Lipinski definition) is 2. The van der Waals surface area contributed by atoms with Gasteiger partial charge in [-0.15, -0.1) is 0 Å². The lowest BCUT2D eigenvalue weighted by atomic mass is 9.95. The summed E-state index contributed by atoms with van der Waals surface area (Å²) >= 11 is 0. The molecule has 1 saturated heterocycles. The molecule has 2 amide bonds. The maximum absolute atomic E-state index is 12.6. The number of phenols is 1. The van der Waals surface area contributed by atoms with Crippen molar-refractivity contribution < 1.29 is 19.4 Å². The topological polar surface area (TPSA) is 78.9 Å². The van der Waals surface area contributed by atoms with Crippen LogP contribution in [0.15, 0.2) is 48.5 Å². The molecule has 3 rings (SSSR count).